The summed E-state index contributed by atoms with van der Waals surface area (Å²) >= 11 is 19.6. The fraction of sp³-hybridized carbons (Fsp3) is 0. The highest BCUT2D eigenvalue weighted by Crippen LogP contribution is 2.37. The molecule has 2 heterocycles. The molecule has 0 saturated carbocycles. The van der Waals surface area contributed by atoms with Crippen molar-refractivity contribution >= 4 is 51.1 Å². The van der Waals surface area contributed by atoms with Gasteiger partial charge in [-0.05, 0) is 12.1 Å². The molecule has 2 aromatic heterocycles. The van der Waals surface area contributed by atoms with Gasteiger partial charge >= 0.3 is 0 Å². The Bertz CT molecular complexity index is 673. The standard InChI is InChI=1S/C11H5Cl3N2S/c12-7-2-1-6(9(13)10(7)14)8-5-16-3-4-17-11(16)15-8/h1-5H. The van der Waals surface area contributed by atoms with Gasteiger partial charge in [0.15, 0.2) is 4.96 Å². The Morgan fingerprint density at radius 3 is 2.71 bits per heavy atom. The molecular weight excluding hydrogens is 299 g/mol. The van der Waals surface area contributed by atoms with Crippen molar-refractivity contribution < 1.29 is 0 Å². The average Bonchev–Trinajstić information content (AvgIpc) is 2.86. The van der Waals surface area contributed by atoms with Gasteiger partial charge in [-0.25, -0.2) is 4.98 Å². The Balaban J connectivity index is 2.22. The van der Waals surface area contributed by atoms with Crippen molar-refractivity contribution in [1.29, 1.82) is 0 Å². The van der Waals surface area contributed by atoms with E-state index in [1.54, 1.807) is 17.4 Å². The lowest BCUT2D eigenvalue weighted by atomic mass is 10.2. The van der Waals surface area contributed by atoms with Crippen molar-refractivity contribution in [2.24, 2.45) is 0 Å². The van der Waals surface area contributed by atoms with Crippen LogP contribution in [0.15, 0.2) is 29.9 Å². The van der Waals surface area contributed by atoms with E-state index < -0.39 is 0 Å². The highest BCUT2D eigenvalue weighted by molar-refractivity contribution is 7.15. The summed E-state index contributed by atoms with van der Waals surface area (Å²) in [4.78, 5) is 5.39. The molecule has 6 heteroatoms. The Hall–Kier alpha value is -0.740. The summed E-state index contributed by atoms with van der Waals surface area (Å²) in [5.74, 6) is 0. The van der Waals surface area contributed by atoms with Gasteiger partial charge < -0.3 is 0 Å². The van der Waals surface area contributed by atoms with Gasteiger partial charge in [-0.1, -0.05) is 34.8 Å². The maximum Gasteiger partial charge on any atom is 0.194 e. The number of aromatic nitrogens is 2. The van der Waals surface area contributed by atoms with Crippen LogP contribution in [0.1, 0.15) is 0 Å². The number of thiazole rings is 1. The van der Waals surface area contributed by atoms with E-state index >= 15 is 0 Å². The smallest absolute Gasteiger partial charge is 0.194 e. The third-order valence-electron chi connectivity index (χ3n) is 2.40. The van der Waals surface area contributed by atoms with Crippen LogP contribution < -0.4 is 0 Å². The van der Waals surface area contributed by atoms with Crippen LogP contribution in [0, 0.1) is 0 Å². The molecule has 0 aliphatic carbocycles. The van der Waals surface area contributed by atoms with Gasteiger partial charge in [0.1, 0.15) is 0 Å². The third-order valence-corrected chi connectivity index (χ3v) is 4.47. The van der Waals surface area contributed by atoms with Crippen molar-refractivity contribution in [3.8, 4) is 11.3 Å². The summed E-state index contributed by atoms with van der Waals surface area (Å²) in [6.07, 6.45) is 3.86. The topological polar surface area (TPSA) is 17.3 Å². The Kier molecular flexibility index (Phi) is 2.79. The zero-order chi connectivity index (χ0) is 12.0. The van der Waals surface area contributed by atoms with Gasteiger partial charge in [0.25, 0.3) is 0 Å². The number of hydrogen-bond acceptors (Lipinski definition) is 2. The number of fused-ring (bicyclic) bond motifs is 1. The molecule has 0 N–H and O–H groups in total. The number of halogens is 3. The number of benzene rings is 1. The molecule has 3 aromatic rings. The zero-order valence-corrected chi connectivity index (χ0v) is 11.4. The predicted molar refractivity (Wildman–Crippen MR) is 73.5 cm³/mol. The predicted octanol–water partition coefficient (Wildman–Crippen LogP) is 5.02. The van der Waals surface area contributed by atoms with E-state index in [1.165, 1.54) is 0 Å². The lowest BCUT2D eigenvalue weighted by Gasteiger charge is -2.03. The number of imidazole rings is 1. The molecule has 0 saturated heterocycles. The molecule has 2 nitrogen and oxygen atoms in total. The van der Waals surface area contributed by atoms with Crippen LogP contribution in [-0.2, 0) is 0 Å². The maximum atomic E-state index is 6.17. The van der Waals surface area contributed by atoms with Crippen LogP contribution in [0.4, 0.5) is 0 Å². The Morgan fingerprint density at radius 1 is 1.12 bits per heavy atom. The number of nitrogens with zero attached hydrogens (tertiary/aromatic N) is 2. The maximum absolute atomic E-state index is 6.17. The molecular formula is C11H5Cl3N2S. The van der Waals surface area contributed by atoms with Gasteiger partial charge in [-0.3, -0.25) is 4.40 Å². The highest BCUT2D eigenvalue weighted by Gasteiger charge is 2.13. The third kappa shape index (κ3) is 1.83. The first-order valence-electron chi connectivity index (χ1n) is 4.73. The van der Waals surface area contributed by atoms with Crippen molar-refractivity contribution in [1.82, 2.24) is 9.38 Å². The van der Waals surface area contributed by atoms with Crippen molar-refractivity contribution in [3.05, 3.63) is 45.0 Å². The van der Waals surface area contributed by atoms with Gasteiger partial charge in [0.05, 0.1) is 20.8 Å². The molecule has 3 rings (SSSR count). The monoisotopic (exact) mass is 302 g/mol. The van der Waals surface area contributed by atoms with Crippen LogP contribution >= 0.6 is 46.1 Å². The molecule has 0 fully saturated rings. The van der Waals surface area contributed by atoms with E-state index in [1.807, 2.05) is 28.2 Å². The van der Waals surface area contributed by atoms with E-state index in [0.29, 0.717) is 15.1 Å². The van der Waals surface area contributed by atoms with Crippen molar-refractivity contribution in [3.63, 3.8) is 0 Å². The fourth-order valence-electron chi connectivity index (χ4n) is 1.58. The lowest BCUT2D eigenvalue weighted by molar-refractivity contribution is 1.23. The summed E-state index contributed by atoms with van der Waals surface area (Å²) in [5, 5.41) is 3.22. The molecule has 0 aliphatic rings. The van der Waals surface area contributed by atoms with Crippen LogP contribution in [0.2, 0.25) is 15.1 Å². The highest BCUT2D eigenvalue weighted by atomic mass is 35.5. The van der Waals surface area contributed by atoms with E-state index in [0.717, 1.165) is 16.2 Å². The minimum absolute atomic E-state index is 0.363. The summed E-state index contributed by atoms with van der Waals surface area (Å²) in [5.41, 5.74) is 1.58. The fourth-order valence-corrected chi connectivity index (χ4v) is 2.91. The molecule has 0 radical (unpaired) electrons. The first-order valence-corrected chi connectivity index (χ1v) is 6.74. The lowest BCUT2D eigenvalue weighted by Crippen LogP contribution is -1.81. The second-order valence-corrected chi connectivity index (χ2v) is 5.48. The van der Waals surface area contributed by atoms with Crippen molar-refractivity contribution in [2.75, 3.05) is 0 Å². The van der Waals surface area contributed by atoms with Crippen LogP contribution in [0.25, 0.3) is 16.2 Å². The normalized spacial score (nSPS) is 11.2. The van der Waals surface area contributed by atoms with Gasteiger partial charge in [0, 0.05) is 23.3 Å². The van der Waals surface area contributed by atoms with E-state index in [-0.39, 0.29) is 0 Å². The van der Waals surface area contributed by atoms with E-state index in [2.05, 4.69) is 4.98 Å². The van der Waals surface area contributed by atoms with Gasteiger partial charge in [-0.2, -0.15) is 0 Å². The molecule has 86 valence electrons. The van der Waals surface area contributed by atoms with Gasteiger partial charge in [0.2, 0.25) is 0 Å². The SMILES string of the molecule is Clc1ccc(-c2cn3ccsc3n2)c(Cl)c1Cl. The first-order chi connectivity index (χ1) is 8.16. The molecule has 17 heavy (non-hydrogen) atoms. The molecule has 0 bridgehead atoms. The zero-order valence-electron chi connectivity index (χ0n) is 8.32. The second kappa shape index (κ2) is 4.18. The summed E-state index contributed by atoms with van der Waals surface area (Å²) < 4.78 is 1.94. The molecule has 0 amide bonds. The van der Waals surface area contributed by atoms with Gasteiger partial charge in [-0.15, -0.1) is 11.3 Å². The number of rotatable bonds is 1. The Morgan fingerprint density at radius 2 is 1.94 bits per heavy atom. The minimum atomic E-state index is 0.363. The van der Waals surface area contributed by atoms with E-state index in [9.17, 15) is 0 Å². The summed E-state index contributed by atoms with van der Waals surface area (Å²) in [6.45, 7) is 0. The van der Waals surface area contributed by atoms with E-state index in [4.69, 9.17) is 34.8 Å². The first kappa shape index (κ1) is 11.4. The largest absolute Gasteiger partial charge is 0.297 e. The number of hydrogen-bond donors (Lipinski definition) is 0. The average molecular weight is 304 g/mol. The molecule has 0 spiro atoms. The molecule has 1 aromatic carbocycles. The molecule has 0 unspecified atom stereocenters. The van der Waals surface area contributed by atoms with Crippen molar-refractivity contribution in [2.45, 2.75) is 0 Å². The van der Waals surface area contributed by atoms with Crippen LogP contribution in [-0.4, -0.2) is 9.38 Å². The van der Waals surface area contributed by atoms with Crippen LogP contribution in [0.5, 0.6) is 0 Å². The molecule has 0 atom stereocenters. The van der Waals surface area contributed by atoms with Crippen LogP contribution in [0.3, 0.4) is 0 Å². The second-order valence-electron chi connectivity index (χ2n) is 3.44. The summed E-state index contributed by atoms with van der Waals surface area (Å²) in [6, 6.07) is 3.54. The minimum Gasteiger partial charge on any atom is -0.297 e. The summed E-state index contributed by atoms with van der Waals surface area (Å²) in [7, 11) is 0. The Labute approximate surface area is 116 Å². The molecule has 0 aliphatic heterocycles. The quantitative estimate of drug-likeness (QED) is 0.577.